The molecule has 0 radical (unpaired) electrons. The third-order valence-electron chi connectivity index (χ3n) is 4.00. The first-order valence-electron chi connectivity index (χ1n) is 9.41. The number of benzene rings is 2. The van der Waals surface area contributed by atoms with Crippen molar-refractivity contribution in [2.75, 3.05) is 20.3 Å². The van der Waals surface area contributed by atoms with Crippen LogP contribution in [0.3, 0.4) is 0 Å². The van der Waals surface area contributed by atoms with Crippen LogP contribution < -0.4 is 14.2 Å². The van der Waals surface area contributed by atoms with Crippen molar-refractivity contribution >= 4 is 11.9 Å². The molecule has 0 fully saturated rings. The third-order valence-corrected chi connectivity index (χ3v) is 4.00. The van der Waals surface area contributed by atoms with Gasteiger partial charge in [0, 0.05) is 5.57 Å². The first-order chi connectivity index (χ1) is 14.0. The Morgan fingerprint density at radius 3 is 2.03 bits per heavy atom. The second-order valence-electron chi connectivity index (χ2n) is 6.41. The normalized spacial score (nSPS) is 10.1. The van der Waals surface area contributed by atoms with E-state index in [1.165, 1.54) is 0 Å². The van der Waals surface area contributed by atoms with E-state index in [-0.39, 0.29) is 5.97 Å². The standard InChI is InChI=1S/C23H26O6/c1-17(2)22(24)28-16-6-4-5-15-27-20-11-13-21(14-12-20)29-23(25)18-7-9-19(26-3)10-8-18/h7-14H,1,4-6,15-16H2,2-3H3. The van der Waals surface area contributed by atoms with Crippen LogP contribution in [-0.4, -0.2) is 32.3 Å². The van der Waals surface area contributed by atoms with Crippen LogP contribution in [0.1, 0.15) is 36.5 Å². The number of hydrogen-bond donors (Lipinski definition) is 0. The molecule has 2 aromatic carbocycles. The van der Waals surface area contributed by atoms with Crippen LogP contribution >= 0.6 is 0 Å². The first-order valence-corrected chi connectivity index (χ1v) is 9.41. The molecular formula is C23H26O6. The number of ether oxygens (including phenoxy) is 4. The predicted molar refractivity (Wildman–Crippen MR) is 110 cm³/mol. The molecule has 0 saturated heterocycles. The largest absolute Gasteiger partial charge is 0.497 e. The molecule has 0 bridgehead atoms. The first kappa shape index (κ1) is 22.0. The molecule has 29 heavy (non-hydrogen) atoms. The average Bonchev–Trinajstić information content (AvgIpc) is 2.74. The Morgan fingerprint density at radius 2 is 1.41 bits per heavy atom. The Bertz CT molecular complexity index is 808. The second kappa shape index (κ2) is 11.5. The van der Waals surface area contributed by atoms with Crippen LogP contribution in [0.25, 0.3) is 0 Å². The fourth-order valence-electron chi connectivity index (χ4n) is 2.36. The number of rotatable bonds is 11. The SMILES string of the molecule is C=C(C)C(=O)OCCCCCOc1ccc(OC(=O)c2ccc(OC)cc2)cc1. The van der Waals surface area contributed by atoms with Gasteiger partial charge in [0.15, 0.2) is 0 Å². The highest BCUT2D eigenvalue weighted by molar-refractivity contribution is 5.91. The molecule has 0 spiro atoms. The van der Waals surface area contributed by atoms with E-state index in [1.807, 2.05) is 0 Å². The van der Waals surface area contributed by atoms with E-state index < -0.39 is 5.97 Å². The van der Waals surface area contributed by atoms with E-state index in [0.717, 1.165) is 19.3 Å². The maximum atomic E-state index is 12.1. The van der Waals surface area contributed by atoms with Crippen molar-refractivity contribution in [3.8, 4) is 17.2 Å². The molecule has 0 N–H and O–H groups in total. The summed E-state index contributed by atoms with van der Waals surface area (Å²) in [6.07, 6.45) is 2.52. The zero-order valence-electron chi connectivity index (χ0n) is 16.8. The van der Waals surface area contributed by atoms with Crippen molar-refractivity contribution in [1.29, 1.82) is 0 Å². The number of unbranched alkanes of at least 4 members (excludes halogenated alkanes) is 2. The lowest BCUT2D eigenvalue weighted by Crippen LogP contribution is -2.08. The van der Waals surface area contributed by atoms with Crippen LogP contribution in [0.5, 0.6) is 17.2 Å². The smallest absolute Gasteiger partial charge is 0.343 e. The number of methoxy groups -OCH3 is 1. The highest BCUT2D eigenvalue weighted by Gasteiger charge is 2.09. The van der Waals surface area contributed by atoms with E-state index in [9.17, 15) is 9.59 Å². The second-order valence-corrected chi connectivity index (χ2v) is 6.41. The quantitative estimate of drug-likeness (QED) is 0.239. The third kappa shape index (κ3) is 7.70. The summed E-state index contributed by atoms with van der Waals surface area (Å²) in [6.45, 7) is 6.10. The molecule has 0 aliphatic heterocycles. The number of hydrogen-bond acceptors (Lipinski definition) is 6. The summed E-state index contributed by atoms with van der Waals surface area (Å²) in [7, 11) is 1.57. The van der Waals surface area contributed by atoms with Crippen molar-refractivity contribution in [1.82, 2.24) is 0 Å². The molecule has 6 heteroatoms. The van der Waals surface area contributed by atoms with Crippen molar-refractivity contribution in [2.24, 2.45) is 0 Å². The van der Waals surface area contributed by atoms with Gasteiger partial charge in [-0.3, -0.25) is 0 Å². The summed E-state index contributed by atoms with van der Waals surface area (Å²) < 4.78 is 21.1. The minimum atomic E-state index is -0.436. The Labute approximate surface area is 171 Å². The summed E-state index contributed by atoms with van der Waals surface area (Å²) in [5, 5.41) is 0. The van der Waals surface area contributed by atoms with Crippen molar-refractivity contribution in [2.45, 2.75) is 26.2 Å². The molecule has 0 aliphatic carbocycles. The van der Waals surface area contributed by atoms with Gasteiger partial charge >= 0.3 is 11.9 Å². The fraction of sp³-hybridized carbons (Fsp3) is 0.304. The average molecular weight is 398 g/mol. The lowest BCUT2D eigenvalue weighted by atomic mass is 10.2. The Hall–Kier alpha value is -3.28. The topological polar surface area (TPSA) is 71.1 Å². The molecule has 2 aromatic rings. The maximum absolute atomic E-state index is 12.1. The van der Waals surface area contributed by atoms with Gasteiger partial charge in [0.25, 0.3) is 0 Å². The van der Waals surface area contributed by atoms with Crippen molar-refractivity contribution in [3.05, 3.63) is 66.2 Å². The number of carbonyl (C=O) groups excluding carboxylic acids is 2. The molecule has 2 rings (SSSR count). The minimum absolute atomic E-state index is 0.353. The van der Waals surface area contributed by atoms with E-state index in [4.69, 9.17) is 18.9 Å². The van der Waals surface area contributed by atoms with Crippen LogP contribution in [0.4, 0.5) is 0 Å². The fourth-order valence-corrected chi connectivity index (χ4v) is 2.36. The molecular weight excluding hydrogens is 372 g/mol. The van der Waals surface area contributed by atoms with E-state index >= 15 is 0 Å². The summed E-state index contributed by atoms with van der Waals surface area (Å²) in [5.41, 5.74) is 0.853. The molecule has 0 saturated carbocycles. The van der Waals surface area contributed by atoms with Gasteiger partial charge in [-0.25, -0.2) is 9.59 Å². The van der Waals surface area contributed by atoms with E-state index in [0.29, 0.717) is 41.6 Å². The van der Waals surface area contributed by atoms with Gasteiger partial charge in [-0.15, -0.1) is 0 Å². The van der Waals surface area contributed by atoms with Gasteiger partial charge in [0.05, 0.1) is 25.9 Å². The van der Waals surface area contributed by atoms with Gasteiger partial charge in [0.1, 0.15) is 17.2 Å². The van der Waals surface area contributed by atoms with Crippen LogP contribution in [0.15, 0.2) is 60.7 Å². The summed E-state index contributed by atoms with van der Waals surface area (Å²) in [4.78, 5) is 23.4. The summed E-state index contributed by atoms with van der Waals surface area (Å²) >= 11 is 0. The highest BCUT2D eigenvalue weighted by Crippen LogP contribution is 2.20. The summed E-state index contributed by atoms with van der Waals surface area (Å²) in [6, 6.07) is 13.6. The van der Waals surface area contributed by atoms with Gasteiger partial charge < -0.3 is 18.9 Å². The van der Waals surface area contributed by atoms with Crippen LogP contribution in [0, 0.1) is 0 Å². The highest BCUT2D eigenvalue weighted by atomic mass is 16.5. The zero-order chi connectivity index (χ0) is 21.1. The molecule has 0 heterocycles. The molecule has 0 unspecified atom stereocenters. The minimum Gasteiger partial charge on any atom is -0.497 e. The number of carbonyl (C=O) groups is 2. The molecule has 154 valence electrons. The van der Waals surface area contributed by atoms with E-state index in [2.05, 4.69) is 6.58 Å². The molecule has 0 atom stereocenters. The lowest BCUT2D eigenvalue weighted by Gasteiger charge is -2.08. The van der Waals surface area contributed by atoms with Gasteiger partial charge in [0.2, 0.25) is 0 Å². The van der Waals surface area contributed by atoms with Crippen LogP contribution in [-0.2, 0) is 9.53 Å². The molecule has 0 aliphatic rings. The monoisotopic (exact) mass is 398 g/mol. The molecule has 0 amide bonds. The maximum Gasteiger partial charge on any atom is 0.343 e. The Kier molecular flexibility index (Phi) is 8.76. The number of esters is 2. The lowest BCUT2D eigenvalue weighted by molar-refractivity contribution is -0.139. The molecule has 0 aromatic heterocycles. The Balaban J connectivity index is 1.67. The van der Waals surface area contributed by atoms with E-state index in [1.54, 1.807) is 62.6 Å². The van der Waals surface area contributed by atoms with Gasteiger partial charge in [-0.1, -0.05) is 6.58 Å². The summed E-state index contributed by atoms with van der Waals surface area (Å²) in [5.74, 6) is 1.03. The van der Waals surface area contributed by atoms with Gasteiger partial charge in [-0.05, 0) is 74.7 Å². The van der Waals surface area contributed by atoms with Crippen LogP contribution in [0.2, 0.25) is 0 Å². The molecule has 6 nitrogen and oxygen atoms in total. The van der Waals surface area contributed by atoms with Gasteiger partial charge in [-0.2, -0.15) is 0 Å². The zero-order valence-corrected chi connectivity index (χ0v) is 16.8. The van der Waals surface area contributed by atoms with Crippen molar-refractivity contribution in [3.63, 3.8) is 0 Å². The van der Waals surface area contributed by atoms with Crippen molar-refractivity contribution < 1.29 is 28.5 Å². The Morgan fingerprint density at radius 1 is 0.828 bits per heavy atom. The predicted octanol–water partition coefficient (Wildman–Crippen LogP) is 4.58.